The SMILES string of the molecule is CC(=O)N[C@H]1[C@@H](OC[C@@H](O)[C@@H](O)[C@H](O)[C@@H](O)CNc2cccc(NC(=O)CCCCC3CCSS3)c2)O[C@H](CO)[C@H](O)[C@@H]1O[C@@H]1O[C@H](C(=O)O)[C@@H](O)[C@H](OS(=O)(=O)O)[C@H]1OS(=O)(=O)O. The summed E-state index contributed by atoms with van der Waals surface area (Å²) < 4.78 is 95.9. The van der Waals surface area contributed by atoms with Gasteiger partial charge >= 0.3 is 26.8 Å². The van der Waals surface area contributed by atoms with Gasteiger partial charge in [0.15, 0.2) is 24.8 Å². The summed E-state index contributed by atoms with van der Waals surface area (Å²) in [5.74, 6) is -2.01. The number of benzene rings is 1. The Balaban J connectivity index is 1.41. The standard InChI is InChI=1S/C34H53N3O23S4/c1-15(39)36-23-28(57-34-31(60-64(52,53)54)29(59-63(49,50)51)27(46)30(58-34)32(47)48)26(45)21(13-38)56-33(23)55-14-20(41)25(44)24(43)19(40)12-35-16-5-4-6-17(11-16)37-22(42)8-3-2-7-18-9-10-61-62-18/h4-6,11,18-21,23-31,33-35,38,40-41,43-46H,2-3,7-10,12-14H2,1H3,(H,36,39)(H,37,42)(H,47,48)(H,49,50,51)(H,52,53,54)/t18?,19-,20+,21+,23+,24+,25+,26-,27-,28+,29-,30-,31+,33-,34+/m0/s1. The van der Waals surface area contributed by atoms with E-state index < -0.39 is 132 Å². The van der Waals surface area contributed by atoms with Gasteiger partial charge in [-0.1, -0.05) is 34.1 Å². The van der Waals surface area contributed by atoms with Crippen molar-refractivity contribution in [1.29, 1.82) is 0 Å². The second-order valence-electron chi connectivity index (χ2n) is 14.8. The maximum Gasteiger partial charge on any atom is 0.397 e. The first kappa shape index (κ1) is 54.0. The van der Waals surface area contributed by atoms with Gasteiger partial charge in [0.05, 0.1) is 19.3 Å². The molecular formula is C34H53N3O23S4. The van der Waals surface area contributed by atoms with E-state index in [2.05, 4.69) is 24.3 Å². The molecule has 2 amide bonds. The molecule has 3 heterocycles. The number of nitrogens with one attached hydrogen (secondary N) is 3. The van der Waals surface area contributed by atoms with E-state index >= 15 is 0 Å². The number of rotatable bonds is 24. The lowest BCUT2D eigenvalue weighted by molar-refractivity contribution is -0.337. The van der Waals surface area contributed by atoms with Gasteiger partial charge in [0.25, 0.3) is 0 Å². The molecule has 30 heteroatoms. The van der Waals surface area contributed by atoms with Crippen LogP contribution in [0.2, 0.25) is 0 Å². The molecule has 3 fully saturated rings. The molecule has 0 bridgehead atoms. The highest BCUT2D eigenvalue weighted by Crippen LogP contribution is 2.40. The zero-order valence-electron chi connectivity index (χ0n) is 33.7. The number of carboxylic acid groups (broad SMARTS) is 1. The van der Waals surface area contributed by atoms with Crippen molar-refractivity contribution in [1.82, 2.24) is 5.32 Å². The maximum absolute atomic E-state index is 12.5. The number of carboxylic acids is 1. The minimum Gasteiger partial charge on any atom is -0.479 e. The van der Waals surface area contributed by atoms with Gasteiger partial charge in [-0.15, -0.1) is 0 Å². The molecule has 0 saturated carbocycles. The van der Waals surface area contributed by atoms with Crippen LogP contribution >= 0.6 is 21.6 Å². The van der Waals surface area contributed by atoms with E-state index in [1.807, 2.05) is 21.6 Å². The highest BCUT2D eigenvalue weighted by molar-refractivity contribution is 8.77. The Morgan fingerprint density at radius 2 is 1.55 bits per heavy atom. The van der Waals surface area contributed by atoms with E-state index in [4.69, 9.17) is 18.9 Å². The van der Waals surface area contributed by atoms with Crippen LogP contribution in [0.3, 0.4) is 0 Å². The number of aliphatic hydroxyl groups is 7. The van der Waals surface area contributed by atoms with Gasteiger partial charge in [0.2, 0.25) is 11.8 Å². The number of amides is 2. The molecule has 13 N–H and O–H groups in total. The van der Waals surface area contributed by atoms with Crippen molar-refractivity contribution in [2.75, 3.05) is 36.1 Å². The first-order valence-corrected chi connectivity index (χ1v) is 24.6. The molecular weight excluding hydrogens is 947 g/mol. The van der Waals surface area contributed by atoms with Crippen molar-refractivity contribution in [3.63, 3.8) is 0 Å². The van der Waals surface area contributed by atoms with E-state index in [1.54, 1.807) is 24.3 Å². The molecule has 1 aromatic carbocycles. The van der Waals surface area contributed by atoms with Gasteiger partial charge in [-0.3, -0.25) is 18.7 Å². The van der Waals surface area contributed by atoms with Crippen LogP contribution in [0.5, 0.6) is 0 Å². The lowest BCUT2D eigenvalue weighted by Gasteiger charge is -2.47. The number of hydrogen-bond acceptors (Lipinski definition) is 23. The van der Waals surface area contributed by atoms with Crippen LogP contribution in [-0.2, 0) is 62.5 Å². The highest BCUT2D eigenvalue weighted by atomic mass is 33.1. The highest BCUT2D eigenvalue weighted by Gasteiger charge is 2.56. The number of unbranched alkanes of at least 4 members (excludes halogenated alkanes) is 1. The quantitative estimate of drug-likeness (QED) is 0.0274. The Bertz CT molecular complexity index is 1910. The molecule has 0 radical (unpaired) electrons. The van der Waals surface area contributed by atoms with Gasteiger partial charge in [-0.05, 0) is 37.5 Å². The lowest BCUT2D eigenvalue weighted by Crippen LogP contribution is -2.69. The van der Waals surface area contributed by atoms with Crippen molar-refractivity contribution < 1.29 is 108 Å². The van der Waals surface area contributed by atoms with Gasteiger partial charge in [0, 0.05) is 42.3 Å². The van der Waals surface area contributed by atoms with Gasteiger partial charge in [0.1, 0.15) is 54.9 Å². The monoisotopic (exact) mass is 999 g/mol. The van der Waals surface area contributed by atoms with Gasteiger partial charge in [-0.25, -0.2) is 13.2 Å². The summed E-state index contributed by atoms with van der Waals surface area (Å²) in [6.45, 7) is -1.51. The second kappa shape index (κ2) is 24.5. The van der Waals surface area contributed by atoms with E-state index in [0.29, 0.717) is 23.0 Å². The Labute approximate surface area is 374 Å². The number of aliphatic hydroxyl groups excluding tert-OH is 7. The van der Waals surface area contributed by atoms with Crippen molar-refractivity contribution in [2.24, 2.45) is 0 Å². The molecule has 366 valence electrons. The predicted molar refractivity (Wildman–Crippen MR) is 220 cm³/mol. The minimum atomic E-state index is -5.69. The van der Waals surface area contributed by atoms with Crippen LogP contribution in [-0.4, -0.2) is 201 Å². The van der Waals surface area contributed by atoms with Crippen LogP contribution in [0.1, 0.15) is 39.0 Å². The molecule has 1 unspecified atom stereocenters. The number of carbonyl (C=O) groups excluding carboxylic acids is 2. The molecule has 0 spiro atoms. The van der Waals surface area contributed by atoms with Crippen LogP contribution in [0.15, 0.2) is 24.3 Å². The third kappa shape index (κ3) is 16.3. The first-order valence-electron chi connectivity index (χ1n) is 19.5. The molecule has 3 aliphatic heterocycles. The molecule has 1 aromatic rings. The lowest BCUT2D eigenvalue weighted by atomic mass is 9.95. The van der Waals surface area contributed by atoms with Crippen molar-refractivity contribution >= 4 is 71.5 Å². The molecule has 64 heavy (non-hydrogen) atoms. The molecule has 26 nitrogen and oxygen atoms in total. The Morgan fingerprint density at radius 1 is 0.891 bits per heavy atom. The van der Waals surface area contributed by atoms with E-state index in [-0.39, 0.29) is 12.5 Å². The number of hydrogen-bond donors (Lipinski definition) is 13. The molecule has 0 aromatic heterocycles. The van der Waals surface area contributed by atoms with E-state index in [1.165, 1.54) is 6.42 Å². The Morgan fingerprint density at radius 3 is 2.16 bits per heavy atom. The fraction of sp³-hybridized carbons (Fsp3) is 0.735. The predicted octanol–water partition coefficient (Wildman–Crippen LogP) is -3.27. The number of ether oxygens (including phenoxy) is 4. The summed E-state index contributed by atoms with van der Waals surface area (Å²) in [4.78, 5) is 36.8. The van der Waals surface area contributed by atoms with Gasteiger partial charge in [-0.2, -0.15) is 16.8 Å². The van der Waals surface area contributed by atoms with Crippen LogP contribution in [0.25, 0.3) is 0 Å². The van der Waals surface area contributed by atoms with Crippen molar-refractivity contribution in [2.45, 2.75) is 130 Å². The number of anilines is 2. The average Bonchev–Trinajstić information content (AvgIpc) is 3.73. The van der Waals surface area contributed by atoms with Crippen molar-refractivity contribution in [3.8, 4) is 0 Å². The van der Waals surface area contributed by atoms with Crippen molar-refractivity contribution in [3.05, 3.63) is 24.3 Å². The van der Waals surface area contributed by atoms with Gasteiger partial charge < -0.3 is 75.8 Å². The number of carbonyl (C=O) groups is 3. The third-order valence-corrected chi connectivity index (χ3v) is 13.8. The van der Waals surface area contributed by atoms with Crippen LogP contribution in [0, 0.1) is 0 Å². The molecule has 0 aliphatic carbocycles. The fourth-order valence-electron chi connectivity index (χ4n) is 6.79. The summed E-state index contributed by atoms with van der Waals surface area (Å²) in [5, 5.41) is 92.7. The smallest absolute Gasteiger partial charge is 0.397 e. The fourth-order valence-corrected chi connectivity index (χ4v) is 10.8. The zero-order valence-corrected chi connectivity index (χ0v) is 37.0. The van der Waals surface area contributed by atoms with Crippen LogP contribution < -0.4 is 16.0 Å². The molecule has 15 atom stereocenters. The first-order chi connectivity index (χ1) is 30.0. The number of aliphatic carboxylic acids is 1. The minimum absolute atomic E-state index is 0.178. The molecule has 3 saturated heterocycles. The Kier molecular flexibility index (Phi) is 20.6. The topological polar surface area (TPSA) is 413 Å². The molecule has 4 rings (SSSR count). The summed E-state index contributed by atoms with van der Waals surface area (Å²) in [5.41, 5.74) is 0.877. The third-order valence-electron chi connectivity index (χ3n) is 9.88. The molecule has 3 aliphatic rings. The normalized spacial score (nSPS) is 30.8. The van der Waals surface area contributed by atoms with E-state index in [9.17, 15) is 81.2 Å². The summed E-state index contributed by atoms with van der Waals surface area (Å²) in [7, 11) is -7.61. The average molecular weight is 1000 g/mol. The van der Waals surface area contributed by atoms with Crippen LogP contribution in [0.4, 0.5) is 11.4 Å². The second-order valence-corrected chi connectivity index (χ2v) is 19.7. The maximum atomic E-state index is 12.5. The summed E-state index contributed by atoms with van der Waals surface area (Å²) in [6.07, 6.45) is -24.9. The zero-order chi connectivity index (χ0) is 47.5. The van der Waals surface area contributed by atoms with E-state index in [0.717, 1.165) is 31.9 Å². The summed E-state index contributed by atoms with van der Waals surface area (Å²) >= 11 is 0. The largest absolute Gasteiger partial charge is 0.479 e. The Hall–Kier alpha value is -2.57. The summed E-state index contributed by atoms with van der Waals surface area (Å²) in [6, 6.07) is 4.63.